The van der Waals surface area contributed by atoms with Gasteiger partial charge in [-0.05, 0) is 27.7 Å². The number of anilines is 1. The first-order valence-electron chi connectivity index (χ1n) is 6.84. The molecule has 0 atom stereocenters. The van der Waals surface area contributed by atoms with Gasteiger partial charge in [0, 0.05) is 25.7 Å². The van der Waals surface area contributed by atoms with Gasteiger partial charge in [-0.1, -0.05) is 0 Å². The topological polar surface area (TPSA) is 72.4 Å². The maximum Gasteiger partial charge on any atom is 0.324 e. The summed E-state index contributed by atoms with van der Waals surface area (Å²) >= 11 is 0. The van der Waals surface area contributed by atoms with Gasteiger partial charge in [0.1, 0.15) is 6.61 Å². The Kier molecular flexibility index (Phi) is 6.44. The summed E-state index contributed by atoms with van der Waals surface area (Å²) in [7, 11) is 3.25. The molecule has 0 spiro atoms. The summed E-state index contributed by atoms with van der Waals surface area (Å²) in [5.41, 5.74) is 0. The Balaban J connectivity index is 2.61. The minimum Gasteiger partial charge on any atom is -0.467 e. The molecule has 0 unspecified atom stereocenters. The quantitative estimate of drug-likeness (QED) is 0.773. The van der Waals surface area contributed by atoms with E-state index in [1.54, 1.807) is 7.05 Å². The molecule has 1 aromatic rings. The number of aromatic nitrogens is 3. The number of hydrogen-bond donors (Lipinski definition) is 1. The molecule has 7 heteroatoms. The Hall–Kier alpha value is -1.63. The molecule has 1 heterocycles. The molecule has 0 fully saturated rings. The van der Waals surface area contributed by atoms with Gasteiger partial charge in [-0.2, -0.15) is 9.97 Å². The third kappa shape index (κ3) is 4.80. The van der Waals surface area contributed by atoms with Crippen LogP contribution >= 0.6 is 0 Å². The second-order valence-corrected chi connectivity index (χ2v) is 4.95. The average molecular weight is 283 g/mol. The largest absolute Gasteiger partial charge is 0.467 e. The van der Waals surface area contributed by atoms with Crippen molar-refractivity contribution in [3.63, 3.8) is 0 Å². The molecule has 7 nitrogen and oxygen atoms in total. The molecule has 1 rings (SSSR count). The standard InChI is InChI=1S/C13H25N5O2/c1-9(2)18(10(3)4)7-8-20-13-16-11(14-5)15-12(17-13)19-6/h9-10H,7-8H2,1-6H3,(H,14,15,16,17). The highest BCUT2D eigenvalue weighted by atomic mass is 16.5. The van der Waals surface area contributed by atoms with Gasteiger partial charge in [-0.3, -0.25) is 4.90 Å². The number of ether oxygens (including phenoxy) is 2. The Morgan fingerprint density at radius 1 is 1.05 bits per heavy atom. The SMILES string of the molecule is CNc1nc(OC)nc(OCCN(C(C)C)C(C)C)n1. The third-order valence-electron chi connectivity index (χ3n) is 2.91. The van der Waals surface area contributed by atoms with E-state index in [9.17, 15) is 0 Å². The van der Waals surface area contributed by atoms with E-state index in [2.05, 4.69) is 52.9 Å². The van der Waals surface area contributed by atoms with Crippen LogP contribution in [0.5, 0.6) is 12.0 Å². The molecule has 114 valence electrons. The highest BCUT2D eigenvalue weighted by Crippen LogP contribution is 2.12. The minimum absolute atomic E-state index is 0.240. The summed E-state index contributed by atoms with van der Waals surface area (Å²) in [5.74, 6) is 0.427. The zero-order valence-electron chi connectivity index (χ0n) is 13.2. The zero-order chi connectivity index (χ0) is 15.1. The third-order valence-corrected chi connectivity index (χ3v) is 2.91. The van der Waals surface area contributed by atoms with Gasteiger partial charge >= 0.3 is 12.0 Å². The van der Waals surface area contributed by atoms with Gasteiger partial charge in [-0.15, -0.1) is 4.98 Å². The number of methoxy groups -OCH3 is 1. The Bertz CT molecular complexity index is 381. The van der Waals surface area contributed by atoms with Crippen molar-refractivity contribution in [2.45, 2.75) is 39.8 Å². The van der Waals surface area contributed by atoms with Crippen LogP contribution in [0.4, 0.5) is 5.95 Å². The molecule has 0 aliphatic carbocycles. The van der Waals surface area contributed by atoms with Crippen molar-refractivity contribution < 1.29 is 9.47 Å². The lowest BCUT2D eigenvalue weighted by Gasteiger charge is -2.30. The molecule has 0 amide bonds. The van der Waals surface area contributed by atoms with Crippen LogP contribution in [0, 0.1) is 0 Å². The van der Waals surface area contributed by atoms with Gasteiger partial charge in [0.2, 0.25) is 5.95 Å². The van der Waals surface area contributed by atoms with E-state index >= 15 is 0 Å². The lowest BCUT2D eigenvalue weighted by molar-refractivity contribution is 0.137. The predicted molar refractivity (Wildman–Crippen MR) is 78.4 cm³/mol. The van der Waals surface area contributed by atoms with Crippen molar-refractivity contribution in [3.8, 4) is 12.0 Å². The monoisotopic (exact) mass is 283 g/mol. The molecular formula is C13H25N5O2. The molecule has 0 saturated heterocycles. The van der Waals surface area contributed by atoms with Crippen molar-refractivity contribution >= 4 is 5.95 Å². The Labute approximate surface area is 120 Å². The number of nitrogens with zero attached hydrogens (tertiary/aromatic N) is 4. The summed E-state index contributed by atoms with van der Waals surface area (Å²) in [5, 5.41) is 2.85. The maximum absolute atomic E-state index is 5.60. The van der Waals surface area contributed by atoms with Crippen molar-refractivity contribution in [3.05, 3.63) is 0 Å². The molecule has 0 saturated carbocycles. The lowest BCUT2D eigenvalue weighted by Crippen LogP contribution is -2.39. The second kappa shape index (κ2) is 7.84. The molecular weight excluding hydrogens is 258 g/mol. The molecule has 1 N–H and O–H groups in total. The van der Waals surface area contributed by atoms with E-state index in [1.807, 2.05) is 0 Å². The average Bonchev–Trinajstić information content (AvgIpc) is 2.42. The first-order chi connectivity index (χ1) is 9.47. The van der Waals surface area contributed by atoms with Gasteiger partial charge in [0.25, 0.3) is 0 Å². The second-order valence-electron chi connectivity index (χ2n) is 4.95. The number of hydrogen-bond acceptors (Lipinski definition) is 7. The van der Waals surface area contributed by atoms with E-state index in [1.165, 1.54) is 7.11 Å². The van der Waals surface area contributed by atoms with Crippen LogP contribution in [0.25, 0.3) is 0 Å². The fourth-order valence-electron chi connectivity index (χ4n) is 1.96. The first kappa shape index (κ1) is 16.4. The van der Waals surface area contributed by atoms with E-state index in [-0.39, 0.29) is 12.0 Å². The van der Waals surface area contributed by atoms with E-state index < -0.39 is 0 Å². The van der Waals surface area contributed by atoms with E-state index in [0.717, 1.165) is 6.54 Å². The van der Waals surface area contributed by atoms with Crippen LogP contribution in [0.1, 0.15) is 27.7 Å². The van der Waals surface area contributed by atoms with Crippen molar-refractivity contribution in [1.82, 2.24) is 19.9 Å². The van der Waals surface area contributed by atoms with Crippen LogP contribution in [-0.2, 0) is 0 Å². The molecule has 1 aromatic heterocycles. The predicted octanol–water partition coefficient (Wildman–Crippen LogP) is 1.42. The van der Waals surface area contributed by atoms with E-state index in [0.29, 0.717) is 24.6 Å². The number of rotatable bonds is 8. The van der Waals surface area contributed by atoms with Gasteiger partial charge in [-0.25, -0.2) is 0 Å². The molecule has 0 aliphatic rings. The van der Waals surface area contributed by atoms with Crippen LogP contribution in [0.3, 0.4) is 0 Å². The van der Waals surface area contributed by atoms with Crippen molar-refractivity contribution in [2.75, 3.05) is 32.6 Å². The number of nitrogens with one attached hydrogen (secondary N) is 1. The zero-order valence-corrected chi connectivity index (χ0v) is 13.2. The van der Waals surface area contributed by atoms with E-state index in [4.69, 9.17) is 9.47 Å². The van der Waals surface area contributed by atoms with Crippen LogP contribution < -0.4 is 14.8 Å². The highest BCUT2D eigenvalue weighted by molar-refractivity contribution is 5.26. The summed E-state index contributed by atoms with van der Waals surface area (Å²) in [6.07, 6.45) is 0. The van der Waals surface area contributed by atoms with Crippen molar-refractivity contribution in [1.29, 1.82) is 0 Å². The molecule has 0 aliphatic heterocycles. The summed E-state index contributed by atoms with van der Waals surface area (Å²) in [6.45, 7) is 10.0. The van der Waals surface area contributed by atoms with Crippen LogP contribution in [-0.4, -0.2) is 59.2 Å². The first-order valence-corrected chi connectivity index (χ1v) is 6.84. The van der Waals surface area contributed by atoms with Crippen LogP contribution in [0.15, 0.2) is 0 Å². The minimum atomic E-state index is 0.240. The fourth-order valence-corrected chi connectivity index (χ4v) is 1.96. The summed E-state index contributed by atoms with van der Waals surface area (Å²) in [4.78, 5) is 14.6. The normalized spacial score (nSPS) is 11.2. The highest BCUT2D eigenvalue weighted by Gasteiger charge is 2.14. The summed E-state index contributed by atoms with van der Waals surface area (Å²) in [6, 6.07) is 1.45. The fraction of sp³-hybridized carbons (Fsp3) is 0.769. The smallest absolute Gasteiger partial charge is 0.324 e. The summed E-state index contributed by atoms with van der Waals surface area (Å²) < 4.78 is 10.6. The Morgan fingerprint density at radius 2 is 1.65 bits per heavy atom. The maximum atomic E-state index is 5.60. The van der Waals surface area contributed by atoms with Gasteiger partial charge < -0.3 is 14.8 Å². The molecule has 20 heavy (non-hydrogen) atoms. The van der Waals surface area contributed by atoms with Gasteiger partial charge in [0.15, 0.2) is 0 Å². The van der Waals surface area contributed by atoms with Crippen molar-refractivity contribution in [2.24, 2.45) is 0 Å². The molecule has 0 bridgehead atoms. The molecule has 0 radical (unpaired) electrons. The van der Waals surface area contributed by atoms with Crippen LogP contribution in [0.2, 0.25) is 0 Å². The lowest BCUT2D eigenvalue weighted by atomic mass is 10.2. The van der Waals surface area contributed by atoms with Gasteiger partial charge in [0.05, 0.1) is 7.11 Å². The molecule has 0 aromatic carbocycles. The Morgan fingerprint density at radius 3 is 2.15 bits per heavy atom.